The lowest BCUT2D eigenvalue weighted by Crippen LogP contribution is -2.04. The lowest BCUT2D eigenvalue weighted by molar-refractivity contribution is -0.128. The average Bonchev–Trinajstić information content (AvgIpc) is 2.47. The van der Waals surface area contributed by atoms with Crippen LogP contribution in [0.3, 0.4) is 0 Å². The Morgan fingerprint density at radius 2 is 1.85 bits per heavy atom. The fraction of sp³-hybridized carbons (Fsp3) is 0.0625. The monoisotopic (exact) mass is 267 g/mol. The van der Waals surface area contributed by atoms with E-state index in [1.807, 2.05) is 6.07 Å². The van der Waals surface area contributed by atoms with Gasteiger partial charge in [-0.2, -0.15) is 0 Å². The zero-order chi connectivity index (χ0) is 14.4. The Hall–Kier alpha value is -2.75. The number of ketones is 1. The van der Waals surface area contributed by atoms with Crippen LogP contribution in [0.15, 0.2) is 54.7 Å². The lowest BCUT2D eigenvalue weighted by atomic mass is 10.1. The zero-order valence-corrected chi connectivity index (χ0v) is 10.9. The Labute approximate surface area is 116 Å². The van der Waals surface area contributed by atoms with E-state index in [9.17, 15) is 9.59 Å². The van der Waals surface area contributed by atoms with Gasteiger partial charge in [-0.3, -0.25) is 9.78 Å². The molecule has 0 fully saturated rings. The Bertz CT molecular complexity index is 631. The summed E-state index contributed by atoms with van der Waals surface area (Å²) < 4.78 is 5.11. The number of carbonyl (C=O) groups is 2. The van der Waals surface area contributed by atoms with Crippen molar-refractivity contribution in [1.29, 1.82) is 0 Å². The average molecular weight is 267 g/mol. The first-order valence-electron chi connectivity index (χ1n) is 6.07. The zero-order valence-electron chi connectivity index (χ0n) is 10.9. The second kappa shape index (κ2) is 6.43. The molecule has 0 atom stereocenters. The van der Waals surface area contributed by atoms with Crippen molar-refractivity contribution in [2.75, 3.05) is 0 Å². The van der Waals surface area contributed by atoms with E-state index in [1.54, 1.807) is 48.7 Å². The molecule has 0 saturated carbocycles. The van der Waals surface area contributed by atoms with Gasteiger partial charge in [0, 0.05) is 17.8 Å². The molecule has 0 bridgehead atoms. The molecule has 0 aliphatic rings. The van der Waals surface area contributed by atoms with Crippen LogP contribution in [0, 0.1) is 0 Å². The predicted octanol–water partition coefficient (Wildman–Crippen LogP) is 2.90. The second-order valence-electron chi connectivity index (χ2n) is 4.09. The van der Waals surface area contributed by atoms with Crippen molar-refractivity contribution < 1.29 is 14.3 Å². The van der Waals surface area contributed by atoms with E-state index in [0.717, 1.165) is 0 Å². The van der Waals surface area contributed by atoms with Crippen molar-refractivity contribution in [2.45, 2.75) is 6.92 Å². The summed E-state index contributed by atoms with van der Waals surface area (Å²) in [6.07, 6.45) is 4.53. The van der Waals surface area contributed by atoms with Crippen LogP contribution in [0.4, 0.5) is 0 Å². The molecule has 1 aromatic heterocycles. The van der Waals surface area contributed by atoms with Crippen molar-refractivity contribution >= 4 is 17.8 Å². The van der Waals surface area contributed by atoms with Crippen LogP contribution in [0.1, 0.15) is 23.0 Å². The summed E-state index contributed by atoms with van der Waals surface area (Å²) in [7, 11) is 0. The third kappa shape index (κ3) is 3.88. The summed E-state index contributed by atoms with van der Waals surface area (Å²) >= 11 is 0. The standard InChI is InChI=1S/C16H13NO3/c1-12(18)13-5-8-15(9-6-13)20-16(19)10-7-14-4-2-3-11-17-14/h2-11H,1H3/b10-7+. The van der Waals surface area contributed by atoms with E-state index < -0.39 is 5.97 Å². The molecule has 0 aliphatic carbocycles. The van der Waals surface area contributed by atoms with E-state index >= 15 is 0 Å². The highest BCUT2D eigenvalue weighted by molar-refractivity contribution is 5.94. The molecule has 1 heterocycles. The highest BCUT2D eigenvalue weighted by atomic mass is 16.5. The van der Waals surface area contributed by atoms with Crippen LogP contribution in [0.25, 0.3) is 6.08 Å². The predicted molar refractivity (Wildman–Crippen MR) is 75.4 cm³/mol. The van der Waals surface area contributed by atoms with Gasteiger partial charge >= 0.3 is 5.97 Å². The van der Waals surface area contributed by atoms with Gasteiger partial charge in [-0.05, 0) is 49.4 Å². The first-order chi connectivity index (χ1) is 9.65. The molecule has 0 aliphatic heterocycles. The minimum atomic E-state index is -0.494. The third-order valence-corrected chi connectivity index (χ3v) is 2.56. The summed E-state index contributed by atoms with van der Waals surface area (Å²) in [5, 5.41) is 0. The Morgan fingerprint density at radius 3 is 2.45 bits per heavy atom. The van der Waals surface area contributed by atoms with E-state index in [2.05, 4.69) is 4.98 Å². The van der Waals surface area contributed by atoms with Crippen LogP contribution in [-0.2, 0) is 4.79 Å². The van der Waals surface area contributed by atoms with Gasteiger partial charge < -0.3 is 4.74 Å². The summed E-state index contributed by atoms with van der Waals surface area (Å²) in [6.45, 7) is 1.48. The maximum absolute atomic E-state index is 11.6. The molecule has 4 nitrogen and oxygen atoms in total. The molecule has 0 saturated heterocycles. The van der Waals surface area contributed by atoms with Gasteiger partial charge in [0.25, 0.3) is 0 Å². The first kappa shape index (κ1) is 13.7. The summed E-state index contributed by atoms with van der Waals surface area (Å²) in [5.74, 6) is -0.130. The van der Waals surface area contributed by atoms with Crippen molar-refractivity contribution in [3.8, 4) is 5.75 Å². The minimum absolute atomic E-state index is 0.0297. The van der Waals surface area contributed by atoms with Crippen molar-refractivity contribution in [3.63, 3.8) is 0 Å². The van der Waals surface area contributed by atoms with Crippen LogP contribution in [0.5, 0.6) is 5.75 Å². The molecule has 0 spiro atoms. The fourth-order valence-corrected chi connectivity index (χ4v) is 1.54. The quantitative estimate of drug-likeness (QED) is 0.370. The number of benzene rings is 1. The molecule has 1 aromatic carbocycles. The summed E-state index contributed by atoms with van der Waals surface area (Å²) in [6, 6.07) is 11.8. The Balaban J connectivity index is 1.98. The molecule has 4 heteroatoms. The van der Waals surface area contributed by atoms with Gasteiger partial charge in [0.15, 0.2) is 5.78 Å². The van der Waals surface area contributed by atoms with Crippen LogP contribution in [0.2, 0.25) is 0 Å². The fourth-order valence-electron chi connectivity index (χ4n) is 1.54. The van der Waals surface area contributed by atoms with Crippen molar-refractivity contribution in [3.05, 3.63) is 66.0 Å². The van der Waals surface area contributed by atoms with E-state index in [1.165, 1.54) is 13.0 Å². The number of hydrogen-bond donors (Lipinski definition) is 0. The van der Waals surface area contributed by atoms with Crippen LogP contribution >= 0.6 is 0 Å². The highest BCUT2D eigenvalue weighted by Gasteiger charge is 2.02. The summed E-state index contributed by atoms with van der Waals surface area (Å²) in [5.41, 5.74) is 1.25. The maximum Gasteiger partial charge on any atom is 0.336 e. The van der Waals surface area contributed by atoms with Gasteiger partial charge in [-0.15, -0.1) is 0 Å². The molecule has 2 aromatic rings. The molecule has 100 valence electrons. The largest absolute Gasteiger partial charge is 0.423 e. The molecule has 2 rings (SSSR count). The Kier molecular flexibility index (Phi) is 4.39. The molecule has 0 radical (unpaired) electrons. The number of carbonyl (C=O) groups excluding carboxylic acids is 2. The number of aromatic nitrogens is 1. The van der Waals surface area contributed by atoms with Gasteiger partial charge in [0.2, 0.25) is 0 Å². The second-order valence-corrected chi connectivity index (χ2v) is 4.09. The normalized spacial score (nSPS) is 10.4. The van der Waals surface area contributed by atoms with Crippen LogP contribution < -0.4 is 4.74 Å². The Morgan fingerprint density at radius 1 is 1.10 bits per heavy atom. The van der Waals surface area contributed by atoms with E-state index in [4.69, 9.17) is 4.74 Å². The summed E-state index contributed by atoms with van der Waals surface area (Å²) in [4.78, 5) is 26.8. The number of Topliss-reactive ketones (excluding diaryl/α,β-unsaturated/α-hetero) is 1. The lowest BCUT2D eigenvalue weighted by Gasteiger charge is -2.01. The number of pyridine rings is 1. The highest BCUT2D eigenvalue weighted by Crippen LogP contribution is 2.13. The molecule has 0 N–H and O–H groups in total. The topological polar surface area (TPSA) is 56.3 Å². The van der Waals surface area contributed by atoms with E-state index in [-0.39, 0.29) is 5.78 Å². The maximum atomic E-state index is 11.6. The molecular formula is C16H13NO3. The number of ether oxygens (including phenoxy) is 1. The third-order valence-electron chi connectivity index (χ3n) is 2.56. The smallest absolute Gasteiger partial charge is 0.336 e. The number of esters is 1. The van der Waals surface area contributed by atoms with Gasteiger partial charge in [-0.1, -0.05) is 6.07 Å². The molecule has 20 heavy (non-hydrogen) atoms. The van der Waals surface area contributed by atoms with Gasteiger partial charge in [0.05, 0.1) is 5.69 Å². The van der Waals surface area contributed by atoms with Gasteiger partial charge in [-0.25, -0.2) is 4.79 Å². The van der Waals surface area contributed by atoms with Gasteiger partial charge in [0.1, 0.15) is 5.75 Å². The van der Waals surface area contributed by atoms with Crippen molar-refractivity contribution in [1.82, 2.24) is 4.98 Å². The minimum Gasteiger partial charge on any atom is -0.423 e. The molecule has 0 amide bonds. The first-order valence-corrected chi connectivity index (χ1v) is 6.07. The van der Waals surface area contributed by atoms with Crippen molar-refractivity contribution in [2.24, 2.45) is 0 Å². The molecular weight excluding hydrogens is 254 g/mol. The number of nitrogens with zero attached hydrogens (tertiary/aromatic N) is 1. The van der Waals surface area contributed by atoms with E-state index in [0.29, 0.717) is 17.0 Å². The SMILES string of the molecule is CC(=O)c1ccc(OC(=O)/C=C/c2ccccn2)cc1. The number of hydrogen-bond acceptors (Lipinski definition) is 4. The molecule has 0 unspecified atom stereocenters. The van der Waals surface area contributed by atoms with Crippen LogP contribution in [-0.4, -0.2) is 16.7 Å². The number of rotatable bonds is 4.